The number of rotatable bonds is 5. The van der Waals surface area contributed by atoms with E-state index in [1.54, 1.807) is 0 Å². The first-order valence-corrected chi connectivity index (χ1v) is 11.1. The quantitative estimate of drug-likeness (QED) is 0.703. The van der Waals surface area contributed by atoms with Crippen molar-refractivity contribution in [3.8, 4) is 11.1 Å². The molecule has 2 N–H and O–H groups in total. The van der Waals surface area contributed by atoms with Gasteiger partial charge in [0.15, 0.2) is 0 Å². The molecule has 1 fully saturated rings. The van der Waals surface area contributed by atoms with Gasteiger partial charge in [-0.1, -0.05) is 32.0 Å². The van der Waals surface area contributed by atoms with Crippen molar-refractivity contribution in [1.82, 2.24) is 4.90 Å². The van der Waals surface area contributed by atoms with Crippen molar-refractivity contribution in [2.75, 3.05) is 19.7 Å². The average molecular weight is 432 g/mol. The molecule has 2 aromatic rings. The number of fused-ring (bicyclic) bond motifs is 1. The first-order valence-electron chi connectivity index (χ1n) is 11.1. The molecule has 6 nitrogen and oxygen atoms in total. The summed E-state index contributed by atoms with van der Waals surface area (Å²) in [5, 5.41) is 0. The zero-order valence-corrected chi connectivity index (χ0v) is 18.6. The van der Waals surface area contributed by atoms with Gasteiger partial charge in [0.1, 0.15) is 5.84 Å². The van der Waals surface area contributed by atoms with Gasteiger partial charge < -0.3 is 15.4 Å². The fourth-order valence-electron chi connectivity index (χ4n) is 3.95. The zero-order chi connectivity index (χ0) is 22.7. The SMILES string of the molecule is CC(C)COC(=O)C1=Cc2cc(-c3ccc(C(=O)N4CCCC4)cc3)ccc2N=C(N)C1. The van der Waals surface area contributed by atoms with Crippen molar-refractivity contribution >= 4 is 29.5 Å². The molecular formula is C26H29N3O3. The Morgan fingerprint density at radius 3 is 2.44 bits per heavy atom. The molecule has 166 valence electrons. The van der Waals surface area contributed by atoms with Gasteiger partial charge in [0, 0.05) is 36.2 Å². The molecule has 0 radical (unpaired) electrons. The van der Waals surface area contributed by atoms with Crippen LogP contribution < -0.4 is 5.73 Å². The molecule has 1 saturated heterocycles. The van der Waals surface area contributed by atoms with E-state index in [9.17, 15) is 9.59 Å². The number of amides is 1. The number of aliphatic imine (C=N–C) groups is 1. The summed E-state index contributed by atoms with van der Waals surface area (Å²) in [6, 6.07) is 13.5. The summed E-state index contributed by atoms with van der Waals surface area (Å²) in [6.45, 7) is 6.03. The van der Waals surface area contributed by atoms with E-state index in [1.165, 1.54) is 0 Å². The second-order valence-corrected chi connectivity index (χ2v) is 8.79. The summed E-state index contributed by atoms with van der Waals surface area (Å²) in [5.74, 6) is 0.373. The van der Waals surface area contributed by atoms with Crippen LogP contribution in [-0.2, 0) is 9.53 Å². The fraction of sp³-hybridized carbons (Fsp3) is 0.346. The van der Waals surface area contributed by atoms with Gasteiger partial charge in [-0.2, -0.15) is 0 Å². The number of nitrogens with zero attached hydrogens (tertiary/aromatic N) is 2. The highest BCUT2D eigenvalue weighted by atomic mass is 16.5. The Morgan fingerprint density at radius 2 is 1.75 bits per heavy atom. The number of hydrogen-bond donors (Lipinski definition) is 1. The molecule has 2 aromatic carbocycles. The number of ether oxygens (including phenoxy) is 1. The highest BCUT2D eigenvalue weighted by molar-refractivity contribution is 6.03. The van der Waals surface area contributed by atoms with Crippen LogP contribution in [0.1, 0.15) is 49.0 Å². The topological polar surface area (TPSA) is 85.0 Å². The lowest BCUT2D eigenvalue weighted by molar-refractivity contribution is -0.140. The molecule has 0 saturated carbocycles. The molecule has 0 aliphatic carbocycles. The Balaban J connectivity index is 1.59. The molecule has 1 amide bonds. The van der Waals surface area contributed by atoms with Crippen LogP contribution in [0.5, 0.6) is 0 Å². The van der Waals surface area contributed by atoms with E-state index in [-0.39, 0.29) is 24.2 Å². The molecule has 32 heavy (non-hydrogen) atoms. The molecule has 2 aliphatic heterocycles. The maximum atomic E-state index is 12.6. The average Bonchev–Trinajstić information content (AvgIpc) is 3.26. The summed E-state index contributed by atoms with van der Waals surface area (Å²) in [4.78, 5) is 31.5. The summed E-state index contributed by atoms with van der Waals surface area (Å²) in [6.07, 6.45) is 4.23. The van der Waals surface area contributed by atoms with Gasteiger partial charge in [-0.05, 0) is 60.2 Å². The predicted octanol–water partition coefficient (Wildman–Crippen LogP) is 4.56. The number of hydrogen-bond acceptors (Lipinski definition) is 5. The standard InChI is InChI=1S/C26H29N3O3/c1-17(2)16-32-26(31)22-14-21-13-20(9-10-23(21)28-24(27)15-22)18-5-7-19(8-6-18)25(30)29-11-3-4-12-29/h5-10,13-14,17H,3-4,11-12,15-16H2,1-2H3,(H2,27,28). The summed E-state index contributed by atoms with van der Waals surface area (Å²) in [5.41, 5.74) is 10.8. The second-order valence-electron chi connectivity index (χ2n) is 8.79. The maximum absolute atomic E-state index is 12.6. The number of benzene rings is 2. The molecule has 0 aromatic heterocycles. The Labute approximate surface area is 188 Å². The molecular weight excluding hydrogens is 402 g/mol. The minimum atomic E-state index is -0.361. The Morgan fingerprint density at radius 1 is 1.06 bits per heavy atom. The van der Waals surface area contributed by atoms with Crippen LogP contribution in [0.15, 0.2) is 53.0 Å². The number of carbonyl (C=O) groups is 2. The van der Waals surface area contributed by atoms with E-state index in [2.05, 4.69) is 4.99 Å². The number of amidine groups is 1. The van der Waals surface area contributed by atoms with Gasteiger partial charge in [0.05, 0.1) is 12.3 Å². The molecule has 0 bridgehead atoms. The van der Waals surface area contributed by atoms with Crippen LogP contribution in [0, 0.1) is 5.92 Å². The summed E-state index contributed by atoms with van der Waals surface area (Å²) >= 11 is 0. The van der Waals surface area contributed by atoms with Gasteiger partial charge in [0.25, 0.3) is 5.91 Å². The van der Waals surface area contributed by atoms with Crippen LogP contribution in [0.25, 0.3) is 17.2 Å². The van der Waals surface area contributed by atoms with Crippen molar-refractivity contribution in [3.05, 3.63) is 59.2 Å². The lowest BCUT2D eigenvalue weighted by Gasteiger charge is -2.15. The molecule has 4 rings (SSSR count). The highest BCUT2D eigenvalue weighted by Gasteiger charge is 2.20. The predicted molar refractivity (Wildman–Crippen MR) is 127 cm³/mol. The van der Waals surface area contributed by atoms with Crippen molar-refractivity contribution in [3.63, 3.8) is 0 Å². The van der Waals surface area contributed by atoms with E-state index in [0.29, 0.717) is 23.6 Å². The molecule has 6 heteroatoms. The molecule has 2 heterocycles. The zero-order valence-electron chi connectivity index (χ0n) is 18.6. The van der Waals surface area contributed by atoms with Gasteiger partial charge >= 0.3 is 5.97 Å². The third kappa shape index (κ3) is 4.90. The van der Waals surface area contributed by atoms with Crippen molar-refractivity contribution in [2.24, 2.45) is 16.6 Å². The van der Waals surface area contributed by atoms with Crippen LogP contribution in [0.4, 0.5) is 5.69 Å². The fourth-order valence-corrected chi connectivity index (χ4v) is 3.95. The molecule has 2 aliphatic rings. The van der Waals surface area contributed by atoms with Crippen molar-refractivity contribution < 1.29 is 14.3 Å². The van der Waals surface area contributed by atoms with Crippen LogP contribution in [0.3, 0.4) is 0 Å². The van der Waals surface area contributed by atoms with Crippen LogP contribution in [0.2, 0.25) is 0 Å². The van der Waals surface area contributed by atoms with E-state index in [0.717, 1.165) is 48.3 Å². The van der Waals surface area contributed by atoms with E-state index >= 15 is 0 Å². The monoisotopic (exact) mass is 431 g/mol. The normalized spacial score (nSPS) is 15.7. The van der Waals surface area contributed by atoms with E-state index < -0.39 is 0 Å². The van der Waals surface area contributed by atoms with Gasteiger partial charge in [-0.3, -0.25) is 4.79 Å². The van der Waals surface area contributed by atoms with Gasteiger partial charge in [-0.25, -0.2) is 9.79 Å². The summed E-state index contributed by atoms with van der Waals surface area (Å²) < 4.78 is 5.40. The van der Waals surface area contributed by atoms with Crippen LogP contribution in [-0.4, -0.2) is 42.3 Å². The van der Waals surface area contributed by atoms with Crippen molar-refractivity contribution in [2.45, 2.75) is 33.1 Å². The minimum Gasteiger partial charge on any atom is -0.462 e. The third-order valence-corrected chi connectivity index (χ3v) is 5.66. The largest absolute Gasteiger partial charge is 0.462 e. The first kappa shape index (κ1) is 21.8. The number of nitrogens with two attached hydrogens (primary N) is 1. The third-order valence-electron chi connectivity index (χ3n) is 5.66. The highest BCUT2D eigenvalue weighted by Crippen LogP contribution is 2.32. The van der Waals surface area contributed by atoms with Gasteiger partial charge in [-0.15, -0.1) is 0 Å². The lowest BCUT2D eigenvalue weighted by Crippen LogP contribution is -2.27. The number of likely N-dealkylation sites (tertiary alicyclic amines) is 1. The van der Waals surface area contributed by atoms with Crippen LogP contribution >= 0.6 is 0 Å². The minimum absolute atomic E-state index is 0.0910. The lowest BCUT2D eigenvalue weighted by atomic mass is 9.99. The first-order chi connectivity index (χ1) is 15.4. The summed E-state index contributed by atoms with van der Waals surface area (Å²) in [7, 11) is 0. The van der Waals surface area contributed by atoms with E-state index in [4.69, 9.17) is 10.5 Å². The Bertz CT molecular complexity index is 1080. The smallest absolute Gasteiger partial charge is 0.334 e. The maximum Gasteiger partial charge on any atom is 0.334 e. The molecule has 0 spiro atoms. The molecule has 0 unspecified atom stereocenters. The number of carbonyl (C=O) groups excluding carboxylic acids is 2. The van der Waals surface area contributed by atoms with E-state index in [1.807, 2.05) is 67.3 Å². The van der Waals surface area contributed by atoms with Gasteiger partial charge in [0.2, 0.25) is 0 Å². The number of esters is 1. The molecule has 0 atom stereocenters. The second kappa shape index (κ2) is 9.39. The van der Waals surface area contributed by atoms with Crippen molar-refractivity contribution in [1.29, 1.82) is 0 Å². The Hall–Kier alpha value is -3.41. The Kier molecular flexibility index (Phi) is 6.40.